The Kier molecular flexibility index (Phi) is 2.31. The summed E-state index contributed by atoms with van der Waals surface area (Å²) in [5, 5.41) is 0. The van der Waals surface area contributed by atoms with Gasteiger partial charge in [0.15, 0.2) is 6.29 Å². The van der Waals surface area contributed by atoms with Crippen molar-refractivity contribution in [1.29, 1.82) is 0 Å². The molecule has 14 heavy (non-hydrogen) atoms. The molecule has 2 rings (SSSR count). The zero-order chi connectivity index (χ0) is 9.97. The van der Waals surface area contributed by atoms with Gasteiger partial charge in [-0.25, -0.2) is 4.98 Å². The Hall–Kier alpha value is -1.64. The quantitative estimate of drug-likeness (QED) is 0.522. The van der Waals surface area contributed by atoms with E-state index in [-0.39, 0.29) is 0 Å². The van der Waals surface area contributed by atoms with Crippen LogP contribution in [0.5, 0.6) is 0 Å². The molecule has 3 nitrogen and oxygen atoms in total. The van der Waals surface area contributed by atoms with Gasteiger partial charge in [0.05, 0.1) is 5.56 Å². The van der Waals surface area contributed by atoms with Gasteiger partial charge in [-0.2, -0.15) is 0 Å². The Morgan fingerprint density at radius 3 is 3.07 bits per heavy atom. The van der Waals surface area contributed by atoms with E-state index in [1.54, 1.807) is 18.3 Å². The van der Waals surface area contributed by atoms with E-state index in [2.05, 4.69) is 16.5 Å². The lowest BCUT2D eigenvalue weighted by Gasteiger charge is -2.17. The molecule has 0 amide bonds. The standard InChI is InChI=1S/C11H12N2O/c1-9-4-6-13(7-9)11-10(8-14)3-2-5-12-11/h2-3,5,8H,1,4,6-7H2. The molecule has 0 N–H and O–H groups in total. The van der Waals surface area contributed by atoms with Crippen LogP contribution < -0.4 is 4.90 Å². The van der Waals surface area contributed by atoms with Crippen LogP contribution in [-0.4, -0.2) is 24.4 Å². The van der Waals surface area contributed by atoms with E-state index in [4.69, 9.17) is 0 Å². The number of rotatable bonds is 2. The fourth-order valence-corrected chi connectivity index (χ4v) is 1.67. The Morgan fingerprint density at radius 1 is 1.57 bits per heavy atom. The molecule has 1 aliphatic heterocycles. The van der Waals surface area contributed by atoms with Crippen LogP contribution >= 0.6 is 0 Å². The van der Waals surface area contributed by atoms with Crippen molar-refractivity contribution in [3.63, 3.8) is 0 Å². The number of nitrogens with zero attached hydrogens (tertiary/aromatic N) is 2. The number of pyridine rings is 1. The van der Waals surface area contributed by atoms with Crippen molar-refractivity contribution in [2.24, 2.45) is 0 Å². The molecular formula is C11H12N2O. The predicted molar refractivity (Wildman–Crippen MR) is 55.6 cm³/mol. The molecule has 0 aliphatic carbocycles. The lowest BCUT2D eigenvalue weighted by molar-refractivity contribution is 0.112. The van der Waals surface area contributed by atoms with Gasteiger partial charge in [-0.15, -0.1) is 0 Å². The van der Waals surface area contributed by atoms with Crippen LogP contribution in [0.25, 0.3) is 0 Å². The van der Waals surface area contributed by atoms with E-state index in [9.17, 15) is 4.79 Å². The number of aromatic nitrogens is 1. The van der Waals surface area contributed by atoms with Crippen LogP contribution in [0.3, 0.4) is 0 Å². The molecule has 3 heteroatoms. The van der Waals surface area contributed by atoms with E-state index in [1.807, 2.05) is 0 Å². The molecule has 0 saturated carbocycles. The number of hydrogen-bond acceptors (Lipinski definition) is 3. The van der Waals surface area contributed by atoms with Crippen molar-refractivity contribution >= 4 is 12.1 Å². The fourth-order valence-electron chi connectivity index (χ4n) is 1.67. The molecule has 0 spiro atoms. The summed E-state index contributed by atoms with van der Waals surface area (Å²) in [6, 6.07) is 3.56. The lowest BCUT2D eigenvalue weighted by atomic mass is 10.2. The number of carbonyl (C=O) groups excluding carboxylic acids is 1. The number of anilines is 1. The minimum absolute atomic E-state index is 0.655. The van der Waals surface area contributed by atoms with Crippen LogP contribution in [-0.2, 0) is 0 Å². The van der Waals surface area contributed by atoms with Crippen molar-refractivity contribution in [1.82, 2.24) is 4.98 Å². The molecule has 1 fully saturated rings. The second-order valence-corrected chi connectivity index (χ2v) is 3.46. The molecule has 72 valence electrons. The number of aldehydes is 1. The van der Waals surface area contributed by atoms with Gasteiger partial charge in [0, 0.05) is 19.3 Å². The van der Waals surface area contributed by atoms with Crippen LogP contribution in [0.15, 0.2) is 30.5 Å². The summed E-state index contributed by atoms with van der Waals surface area (Å²) in [4.78, 5) is 17.1. The first kappa shape index (κ1) is 8.94. The third-order valence-corrected chi connectivity index (χ3v) is 2.39. The number of carbonyl (C=O) groups is 1. The molecule has 0 aromatic carbocycles. The molecule has 0 unspecified atom stereocenters. The molecule has 1 aromatic rings. The summed E-state index contributed by atoms with van der Waals surface area (Å²) in [5.74, 6) is 0.779. The van der Waals surface area contributed by atoms with Gasteiger partial charge in [0.1, 0.15) is 5.82 Å². The van der Waals surface area contributed by atoms with Crippen molar-refractivity contribution in [2.75, 3.05) is 18.0 Å². The first-order valence-electron chi connectivity index (χ1n) is 4.63. The van der Waals surface area contributed by atoms with Gasteiger partial charge < -0.3 is 4.90 Å². The molecule has 1 aliphatic rings. The maximum atomic E-state index is 10.8. The highest BCUT2D eigenvalue weighted by molar-refractivity contribution is 5.82. The summed E-state index contributed by atoms with van der Waals surface area (Å²) < 4.78 is 0. The molecule has 0 radical (unpaired) electrons. The second kappa shape index (κ2) is 3.62. The van der Waals surface area contributed by atoms with E-state index in [0.717, 1.165) is 31.6 Å². The molecule has 0 bridgehead atoms. The van der Waals surface area contributed by atoms with Gasteiger partial charge in [0.2, 0.25) is 0 Å². The highest BCUT2D eigenvalue weighted by Gasteiger charge is 2.18. The van der Waals surface area contributed by atoms with Gasteiger partial charge >= 0.3 is 0 Å². The van der Waals surface area contributed by atoms with Crippen molar-refractivity contribution in [3.05, 3.63) is 36.0 Å². The molecule has 2 heterocycles. The van der Waals surface area contributed by atoms with Crippen LogP contribution in [0.1, 0.15) is 16.8 Å². The maximum Gasteiger partial charge on any atom is 0.153 e. The third kappa shape index (κ3) is 1.53. The minimum atomic E-state index is 0.655. The zero-order valence-corrected chi connectivity index (χ0v) is 7.94. The zero-order valence-electron chi connectivity index (χ0n) is 7.94. The lowest BCUT2D eigenvalue weighted by Crippen LogP contribution is -2.20. The Bertz CT molecular complexity index is 373. The number of hydrogen-bond donors (Lipinski definition) is 0. The summed E-state index contributed by atoms with van der Waals surface area (Å²) >= 11 is 0. The third-order valence-electron chi connectivity index (χ3n) is 2.39. The first-order chi connectivity index (χ1) is 6.81. The van der Waals surface area contributed by atoms with E-state index >= 15 is 0 Å². The van der Waals surface area contributed by atoms with Crippen LogP contribution in [0.4, 0.5) is 5.82 Å². The van der Waals surface area contributed by atoms with Gasteiger partial charge in [-0.1, -0.05) is 12.2 Å². The minimum Gasteiger partial charge on any atom is -0.352 e. The monoisotopic (exact) mass is 188 g/mol. The maximum absolute atomic E-state index is 10.8. The highest BCUT2D eigenvalue weighted by atomic mass is 16.1. The topological polar surface area (TPSA) is 33.2 Å². The molecule has 1 saturated heterocycles. The second-order valence-electron chi connectivity index (χ2n) is 3.46. The molecule has 0 atom stereocenters. The van der Waals surface area contributed by atoms with E-state index < -0.39 is 0 Å². The predicted octanol–water partition coefficient (Wildman–Crippen LogP) is 1.66. The summed E-state index contributed by atoms with van der Waals surface area (Å²) in [5.41, 5.74) is 1.86. The van der Waals surface area contributed by atoms with Gasteiger partial charge in [-0.3, -0.25) is 4.79 Å². The molecule has 1 aromatic heterocycles. The Balaban J connectivity index is 2.31. The van der Waals surface area contributed by atoms with Crippen LogP contribution in [0, 0.1) is 0 Å². The van der Waals surface area contributed by atoms with Crippen molar-refractivity contribution in [2.45, 2.75) is 6.42 Å². The fraction of sp³-hybridized carbons (Fsp3) is 0.273. The smallest absolute Gasteiger partial charge is 0.153 e. The SMILES string of the molecule is C=C1CCN(c2ncccc2C=O)C1. The molecular weight excluding hydrogens is 176 g/mol. The first-order valence-corrected chi connectivity index (χ1v) is 4.63. The van der Waals surface area contributed by atoms with E-state index in [0.29, 0.717) is 5.56 Å². The summed E-state index contributed by atoms with van der Waals surface area (Å²) in [6.07, 6.45) is 3.56. The van der Waals surface area contributed by atoms with Crippen molar-refractivity contribution in [3.8, 4) is 0 Å². The largest absolute Gasteiger partial charge is 0.352 e. The van der Waals surface area contributed by atoms with Gasteiger partial charge in [0.25, 0.3) is 0 Å². The van der Waals surface area contributed by atoms with E-state index in [1.165, 1.54) is 5.57 Å². The Morgan fingerprint density at radius 2 is 2.43 bits per heavy atom. The summed E-state index contributed by atoms with van der Waals surface area (Å²) in [6.45, 7) is 5.66. The average molecular weight is 188 g/mol. The highest BCUT2D eigenvalue weighted by Crippen LogP contribution is 2.22. The van der Waals surface area contributed by atoms with Gasteiger partial charge in [-0.05, 0) is 18.6 Å². The van der Waals surface area contributed by atoms with Crippen molar-refractivity contribution < 1.29 is 4.79 Å². The summed E-state index contributed by atoms with van der Waals surface area (Å²) in [7, 11) is 0. The Labute approximate surface area is 83.1 Å². The van der Waals surface area contributed by atoms with Crippen LogP contribution in [0.2, 0.25) is 0 Å². The average Bonchev–Trinajstić information content (AvgIpc) is 2.65. The normalized spacial score (nSPS) is 16.0.